The number of hydrogen-bond donors (Lipinski definition) is 2. The first-order chi connectivity index (χ1) is 20.2. The van der Waals surface area contributed by atoms with Crippen molar-refractivity contribution in [3.8, 4) is 0 Å². The third kappa shape index (κ3) is 3.19. The second-order valence-electron chi connectivity index (χ2n) is 13.5. The van der Waals surface area contributed by atoms with E-state index in [1.807, 2.05) is 6.07 Å². The Balaban J connectivity index is 1.45. The van der Waals surface area contributed by atoms with Crippen molar-refractivity contribution in [2.45, 2.75) is 61.9 Å². The van der Waals surface area contributed by atoms with Gasteiger partial charge in [0.05, 0.1) is 30.5 Å². The molecule has 10 nitrogen and oxygen atoms in total. The molecule has 2 N–H and O–H groups in total. The number of likely N-dealkylation sites (tertiary alicyclic amines) is 1. The summed E-state index contributed by atoms with van der Waals surface area (Å²) in [6.45, 7) is 3.77. The number of methoxy groups -OCH3 is 4. The Bertz CT molecular complexity index is 1250. The molecule has 42 heavy (non-hydrogen) atoms. The molecule has 1 spiro atoms. The van der Waals surface area contributed by atoms with Gasteiger partial charge in [0, 0.05) is 81.9 Å². The Morgan fingerprint density at radius 1 is 1.07 bits per heavy atom. The zero-order chi connectivity index (χ0) is 29.8. The summed E-state index contributed by atoms with van der Waals surface area (Å²) in [7, 11) is 6.49. The van der Waals surface area contributed by atoms with Crippen LogP contribution < -0.4 is 0 Å². The Hall–Kier alpha value is -1.92. The van der Waals surface area contributed by atoms with Gasteiger partial charge in [-0.1, -0.05) is 25.1 Å². The van der Waals surface area contributed by atoms with Crippen LogP contribution in [0.3, 0.4) is 0 Å². The van der Waals surface area contributed by atoms with Gasteiger partial charge in [-0.15, -0.1) is 0 Å². The van der Waals surface area contributed by atoms with Crippen molar-refractivity contribution in [2.24, 2.45) is 40.4 Å². The molecular formula is C32H43NO9. The van der Waals surface area contributed by atoms with Crippen LogP contribution in [0.1, 0.15) is 30.1 Å². The van der Waals surface area contributed by atoms with Crippen molar-refractivity contribution in [1.82, 2.24) is 4.90 Å². The summed E-state index contributed by atoms with van der Waals surface area (Å²) < 4.78 is 30.6. The van der Waals surface area contributed by atoms with E-state index in [1.54, 1.807) is 45.6 Å². The van der Waals surface area contributed by atoms with E-state index in [1.165, 1.54) is 7.11 Å². The lowest BCUT2D eigenvalue weighted by molar-refractivity contribution is -0.280. The van der Waals surface area contributed by atoms with Crippen molar-refractivity contribution in [1.29, 1.82) is 0 Å². The Kier molecular flexibility index (Phi) is 6.72. The summed E-state index contributed by atoms with van der Waals surface area (Å²) in [5.74, 6) is -2.42. The molecule has 5 saturated carbocycles. The second kappa shape index (κ2) is 9.79. The Morgan fingerprint density at radius 3 is 2.43 bits per heavy atom. The molecule has 7 rings (SSSR count). The fourth-order valence-electron chi connectivity index (χ4n) is 11.7. The molecule has 7 bridgehead atoms. The van der Waals surface area contributed by atoms with Crippen molar-refractivity contribution >= 4 is 11.8 Å². The van der Waals surface area contributed by atoms with E-state index < -0.39 is 52.5 Å². The standard InChI is InChI=1S/C32H43NO9/c1-6-33-14-30(15-38-2)18(34)12-19(39-3)32-17-13-31(37)27(42-29(36)16-10-8-7-9-11-16)20(17)21(23(35)28(31)41-5)22(26(32)33)24(40-4)25(30)32/h7-11,17-22,24-28,34,37H,6,12-15H2,1-5H3/t17-,18-,19+,20+,21?,22+,24+,25-,26?,27-,28+,30+,31-,32+/m1/s1. The van der Waals surface area contributed by atoms with Gasteiger partial charge in [-0.25, -0.2) is 4.79 Å². The van der Waals surface area contributed by atoms with Crippen molar-refractivity contribution in [3.05, 3.63) is 35.9 Å². The average Bonchev–Trinajstić information content (AvgIpc) is 3.33. The minimum atomic E-state index is -1.70. The van der Waals surface area contributed by atoms with Crippen molar-refractivity contribution in [2.75, 3.05) is 48.1 Å². The molecule has 1 aromatic rings. The normalized spacial score (nSPS) is 50.2. The number of carbonyl (C=O) groups is 2. The number of aliphatic hydroxyl groups is 2. The summed E-state index contributed by atoms with van der Waals surface area (Å²) in [5.41, 5.74) is -2.56. The summed E-state index contributed by atoms with van der Waals surface area (Å²) >= 11 is 0. The number of carbonyl (C=O) groups excluding carboxylic acids is 2. The number of piperidine rings is 1. The van der Waals surface area contributed by atoms with E-state index >= 15 is 0 Å². The second-order valence-corrected chi connectivity index (χ2v) is 13.5. The number of nitrogens with zero attached hydrogens (tertiary/aromatic N) is 1. The lowest BCUT2D eigenvalue weighted by Crippen LogP contribution is -2.77. The van der Waals surface area contributed by atoms with Gasteiger partial charge in [0.15, 0.2) is 5.78 Å². The molecule has 6 aliphatic rings. The molecule has 0 aromatic heterocycles. The first kappa shape index (κ1) is 28.8. The monoisotopic (exact) mass is 585 g/mol. The molecule has 1 aliphatic heterocycles. The molecule has 14 atom stereocenters. The molecule has 230 valence electrons. The molecule has 6 fully saturated rings. The minimum absolute atomic E-state index is 0.0847. The number of rotatable bonds is 8. The number of benzene rings is 1. The van der Waals surface area contributed by atoms with Crippen LogP contribution in [0.25, 0.3) is 0 Å². The van der Waals surface area contributed by atoms with Gasteiger partial charge in [-0.2, -0.15) is 0 Å². The van der Waals surface area contributed by atoms with Crippen LogP contribution in [0.4, 0.5) is 0 Å². The van der Waals surface area contributed by atoms with Crippen LogP contribution in [-0.4, -0.2) is 117 Å². The first-order valence-corrected chi connectivity index (χ1v) is 15.2. The molecule has 1 saturated heterocycles. The smallest absolute Gasteiger partial charge is 0.338 e. The molecule has 5 aliphatic carbocycles. The summed E-state index contributed by atoms with van der Waals surface area (Å²) in [5, 5.41) is 24.4. The number of ether oxygens (including phenoxy) is 5. The highest BCUT2D eigenvalue weighted by atomic mass is 16.6. The SMILES string of the molecule is CCN1C[C@]2(COC)[C@H](O)C[C@H](OC)[C@@]34C1[C@@H](C1C(=O)[C@H](OC)[C@@]5(O)C[C@@H]3[C@@H]1[C@H]5OC(=O)c1ccccc1)[C@H](OC)[C@H]24. The average molecular weight is 586 g/mol. The highest BCUT2D eigenvalue weighted by Gasteiger charge is 2.87. The van der Waals surface area contributed by atoms with Crippen LogP contribution in [0.15, 0.2) is 30.3 Å². The van der Waals surface area contributed by atoms with E-state index in [-0.39, 0.29) is 48.2 Å². The first-order valence-electron chi connectivity index (χ1n) is 15.2. The maximum Gasteiger partial charge on any atom is 0.338 e. The molecule has 0 amide bonds. The van der Waals surface area contributed by atoms with E-state index in [2.05, 4.69) is 11.8 Å². The molecule has 10 heteroatoms. The third-order valence-electron chi connectivity index (χ3n) is 12.5. The van der Waals surface area contributed by atoms with Crippen LogP contribution in [-0.2, 0) is 28.5 Å². The highest BCUT2D eigenvalue weighted by Crippen LogP contribution is 2.78. The Labute approximate surface area is 246 Å². The zero-order valence-electron chi connectivity index (χ0n) is 25.0. The topological polar surface area (TPSA) is 124 Å². The summed E-state index contributed by atoms with van der Waals surface area (Å²) in [6.07, 6.45) is -2.90. The van der Waals surface area contributed by atoms with Crippen molar-refractivity contribution < 1.29 is 43.5 Å². The van der Waals surface area contributed by atoms with Gasteiger partial charge in [0.1, 0.15) is 17.8 Å². The molecule has 1 aromatic carbocycles. The Morgan fingerprint density at radius 2 is 1.81 bits per heavy atom. The van der Waals surface area contributed by atoms with Gasteiger partial charge in [-0.05, 0) is 31.0 Å². The predicted molar refractivity (Wildman–Crippen MR) is 148 cm³/mol. The molecule has 0 radical (unpaired) electrons. The fraction of sp³-hybridized carbons (Fsp3) is 0.750. The highest BCUT2D eigenvalue weighted by molar-refractivity contribution is 5.92. The fourth-order valence-corrected chi connectivity index (χ4v) is 11.7. The maximum atomic E-state index is 14.5. The van der Waals surface area contributed by atoms with Gasteiger partial charge in [-0.3, -0.25) is 9.69 Å². The quantitative estimate of drug-likeness (QED) is 0.430. The molecule has 1 heterocycles. The number of esters is 1. The maximum absolute atomic E-state index is 14.5. The lowest BCUT2D eigenvalue weighted by Gasteiger charge is -2.69. The van der Waals surface area contributed by atoms with Crippen LogP contribution in [0.5, 0.6) is 0 Å². The van der Waals surface area contributed by atoms with E-state index in [0.29, 0.717) is 31.7 Å². The summed E-state index contributed by atoms with van der Waals surface area (Å²) in [4.78, 5) is 30.4. The van der Waals surface area contributed by atoms with Gasteiger partial charge < -0.3 is 33.9 Å². The number of fused-ring (bicyclic) bond motifs is 2. The van der Waals surface area contributed by atoms with E-state index in [9.17, 15) is 19.8 Å². The van der Waals surface area contributed by atoms with E-state index in [4.69, 9.17) is 23.7 Å². The van der Waals surface area contributed by atoms with Gasteiger partial charge >= 0.3 is 5.97 Å². The number of Topliss-reactive ketones (excluding diaryl/α,β-unsaturated/α-hetero) is 1. The number of aliphatic hydroxyl groups excluding tert-OH is 1. The van der Waals surface area contributed by atoms with Crippen LogP contribution >= 0.6 is 0 Å². The lowest BCUT2D eigenvalue weighted by atomic mass is 9.43. The van der Waals surface area contributed by atoms with Crippen LogP contribution in [0.2, 0.25) is 0 Å². The zero-order valence-corrected chi connectivity index (χ0v) is 25.0. The number of hydrogen-bond acceptors (Lipinski definition) is 10. The van der Waals surface area contributed by atoms with Gasteiger partial charge in [0.2, 0.25) is 0 Å². The largest absolute Gasteiger partial charge is 0.455 e. The van der Waals surface area contributed by atoms with E-state index in [0.717, 1.165) is 0 Å². The van der Waals surface area contributed by atoms with Crippen molar-refractivity contribution in [3.63, 3.8) is 0 Å². The van der Waals surface area contributed by atoms with Gasteiger partial charge in [0.25, 0.3) is 0 Å². The minimum Gasteiger partial charge on any atom is -0.455 e. The van der Waals surface area contributed by atoms with Crippen LogP contribution in [0, 0.1) is 40.4 Å². The molecule has 2 unspecified atom stereocenters. The summed E-state index contributed by atoms with van der Waals surface area (Å²) in [6, 6.07) is 8.65. The predicted octanol–water partition coefficient (Wildman–Crippen LogP) is 1.17. The number of ketones is 1. The molecular weight excluding hydrogens is 542 g/mol. The third-order valence-corrected chi connectivity index (χ3v) is 12.5.